The fourth-order valence-corrected chi connectivity index (χ4v) is 4.53. The van der Waals surface area contributed by atoms with Gasteiger partial charge < -0.3 is 5.73 Å². The minimum absolute atomic E-state index is 0.0109. The third-order valence-corrected chi connectivity index (χ3v) is 6.39. The summed E-state index contributed by atoms with van der Waals surface area (Å²) in [7, 11) is 1.81. The van der Waals surface area contributed by atoms with Crippen LogP contribution in [0.25, 0.3) is 11.1 Å². The van der Waals surface area contributed by atoms with Crippen LogP contribution in [-0.4, -0.2) is 7.05 Å². The summed E-state index contributed by atoms with van der Waals surface area (Å²) in [6.45, 7) is 0. The van der Waals surface area contributed by atoms with E-state index < -0.39 is 0 Å². The molecule has 6 nitrogen and oxygen atoms in total. The Kier molecular flexibility index (Phi) is 7.30. The van der Waals surface area contributed by atoms with E-state index in [1.807, 2.05) is 19.2 Å². The third kappa shape index (κ3) is 5.49. The molecule has 0 radical (unpaired) electrons. The molecule has 6 heteroatoms. The quantitative estimate of drug-likeness (QED) is 0.182. The molecule has 1 aliphatic rings. The van der Waals surface area contributed by atoms with Gasteiger partial charge in [0.05, 0.1) is 24.7 Å². The molecular weight excluding hydrogens is 432 g/mol. The average Bonchev–Trinajstić information content (AvgIpc) is 2.94. The Morgan fingerprint density at radius 2 is 1.11 bits per heavy atom. The molecule has 0 amide bonds. The molecule has 5 rings (SSSR count). The molecule has 7 N–H and O–H groups in total. The first-order valence-electron chi connectivity index (χ1n) is 12.0. The molecule has 1 saturated heterocycles. The van der Waals surface area contributed by atoms with E-state index in [1.165, 1.54) is 22.3 Å². The van der Waals surface area contributed by atoms with E-state index in [4.69, 9.17) is 5.73 Å². The Morgan fingerprint density at radius 1 is 0.600 bits per heavy atom. The standard InChI is InChI=1S/C29H32N6/c1-31-35-26(30)21-17-15-20(16-18-21)24-13-8-14-25(19-24)29-33-27(22-9-4-2-5-10-22)32-28(34-29)23-11-6-3-7-12-23/h2-19,26-29,31-35H,30H2,1H3. The van der Waals surface area contributed by atoms with Crippen LogP contribution in [-0.2, 0) is 0 Å². The summed E-state index contributed by atoms with van der Waals surface area (Å²) >= 11 is 0. The van der Waals surface area contributed by atoms with Crippen LogP contribution in [0, 0.1) is 0 Å². The van der Waals surface area contributed by atoms with Crippen LogP contribution in [0.5, 0.6) is 0 Å². The second kappa shape index (κ2) is 10.9. The number of hydrazine groups is 1. The van der Waals surface area contributed by atoms with Crippen molar-refractivity contribution in [2.24, 2.45) is 5.73 Å². The maximum absolute atomic E-state index is 6.14. The zero-order valence-electron chi connectivity index (χ0n) is 19.8. The van der Waals surface area contributed by atoms with Crippen molar-refractivity contribution in [1.82, 2.24) is 26.8 Å². The number of hydrogen-bond donors (Lipinski definition) is 6. The largest absolute Gasteiger partial charge is 0.311 e. The predicted molar refractivity (Wildman–Crippen MR) is 142 cm³/mol. The number of hydrogen-bond acceptors (Lipinski definition) is 6. The molecule has 0 saturated carbocycles. The molecular formula is C29H32N6. The van der Waals surface area contributed by atoms with E-state index >= 15 is 0 Å². The molecule has 0 bridgehead atoms. The maximum atomic E-state index is 6.14. The maximum Gasteiger partial charge on any atom is 0.0938 e. The van der Waals surface area contributed by atoms with Crippen molar-refractivity contribution in [3.05, 3.63) is 131 Å². The van der Waals surface area contributed by atoms with Gasteiger partial charge in [-0.1, -0.05) is 103 Å². The molecule has 4 aromatic carbocycles. The first-order valence-corrected chi connectivity index (χ1v) is 12.0. The predicted octanol–water partition coefficient (Wildman–Crippen LogP) is 4.21. The van der Waals surface area contributed by atoms with Gasteiger partial charge in [-0.2, -0.15) is 0 Å². The van der Waals surface area contributed by atoms with Crippen LogP contribution < -0.4 is 32.5 Å². The minimum Gasteiger partial charge on any atom is -0.311 e. The zero-order chi connectivity index (χ0) is 24.0. The van der Waals surface area contributed by atoms with Crippen molar-refractivity contribution in [2.75, 3.05) is 7.05 Å². The van der Waals surface area contributed by atoms with E-state index in [0.717, 1.165) is 11.1 Å². The van der Waals surface area contributed by atoms with Crippen LogP contribution in [0.2, 0.25) is 0 Å². The van der Waals surface area contributed by atoms with Crippen LogP contribution in [0.3, 0.4) is 0 Å². The van der Waals surface area contributed by atoms with Gasteiger partial charge in [-0.05, 0) is 46.5 Å². The van der Waals surface area contributed by atoms with Crippen molar-refractivity contribution in [2.45, 2.75) is 24.7 Å². The Bertz CT molecular complexity index is 1170. The molecule has 3 atom stereocenters. The molecule has 35 heavy (non-hydrogen) atoms. The summed E-state index contributed by atoms with van der Waals surface area (Å²) < 4.78 is 0. The van der Waals surface area contributed by atoms with Gasteiger partial charge in [0, 0.05) is 0 Å². The van der Waals surface area contributed by atoms with Crippen LogP contribution in [0.1, 0.15) is 46.9 Å². The topological polar surface area (TPSA) is 86.2 Å². The van der Waals surface area contributed by atoms with Gasteiger partial charge in [0.25, 0.3) is 0 Å². The van der Waals surface area contributed by atoms with Crippen LogP contribution >= 0.6 is 0 Å². The van der Waals surface area contributed by atoms with Gasteiger partial charge in [0.15, 0.2) is 0 Å². The lowest BCUT2D eigenvalue weighted by Gasteiger charge is -2.39. The summed E-state index contributed by atoms with van der Waals surface area (Å²) in [5.41, 5.74) is 19.0. The first-order chi connectivity index (χ1) is 17.2. The fraction of sp³-hybridized carbons (Fsp3) is 0.172. The molecule has 3 unspecified atom stereocenters. The monoisotopic (exact) mass is 464 g/mol. The summed E-state index contributed by atoms with van der Waals surface area (Å²) in [5.74, 6) is 0. The number of nitrogens with one attached hydrogen (secondary N) is 5. The highest BCUT2D eigenvalue weighted by Gasteiger charge is 2.29. The van der Waals surface area contributed by atoms with Crippen molar-refractivity contribution in [3.8, 4) is 11.1 Å². The average molecular weight is 465 g/mol. The summed E-state index contributed by atoms with van der Waals surface area (Å²) in [4.78, 5) is 0. The lowest BCUT2D eigenvalue weighted by molar-refractivity contribution is 0.203. The van der Waals surface area contributed by atoms with E-state index in [-0.39, 0.29) is 24.7 Å². The Labute approximate surface area is 206 Å². The smallest absolute Gasteiger partial charge is 0.0938 e. The molecule has 0 aromatic heterocycles. The normalized spacial score (nSPS) is 20.9. The molecule has 178 valence electrons. The van der Waals surface area contributed by atoms with Gasteiger partial charge in [0.2, 0.25) is 0 Å². The fourth-order valence-electron chi connectivity index (χ4n) is 4.53. The van der Waals surface area contributed by atoms with Crippen LogP contribution in [0.15, 0.2) is 109 Å². The zero-order valence-corrected chi connectivity index (χ0v) is 19.8. The molecule has 1 aliphatic heterocycles. The highest BCUT2D eigenvalue weighted by atomic mass is 15.4. The van der Waals surface area contributed by atoms with Crippen molar-refractivity contribution < 1.29 is 0 Å². The Hall–Kier alpha value is -3.36. The van der Waals surface area contributed by atoms with E-state index in [1.54, 1.807) is 0 Å². The van der Waals surface area contributed by atoms with Gasteiger partial charge in [-0.3, -0.25) is 21.4 Å². The molecule has 4 aromatic rings. The first kappa shape index (κ1) is 23.4. The van der Waals surface area contributed by atoms with Crippen molar-refractivity contribution in [3.63, 3.8) is 0 Å². The van der Waals surface area contributed by atoms with E-state index in [2.05, 4.69) is 124 Å². The highest BCUT2D eigenvalue weighted by molar-refractivity contribution is 5.64. The Balaban J connectivity index is 1.42. The van der Waals surface area contributed by atoms with Crippen molar-refractivity contribution in [1.29, 1.82) is 0 Å². The lowest BCUT2D eigenvalue weighted by atomic mass is 9.99. The van der Waals surface area contributed by atoms with Gasteiger partial charge in [-0.15, -0.1) is 0 Å². The Morgan fingerprint density at radius 3 is 1.66 bits per heavy atom. The number of nitrogens with two attached hydrogens (primary N) is 1. The molecule has 1 fully saturated rings. The molecule has 0 spiro atoms. The third-order valence-electron chi connectivity index (χ3n) is 6.39. The summed E-state index contributed by atoms with van der Waals surface area (Å²) in [6.07, 6.45) is -0.263. The minimum atomic E-state index is -0.256. The van der Waals surface area contributed by atoms with Gasteiger partial charge >= 0.3 is 0 Å². The second-order valence-corrected chi connectivity index (χ2v) is 8.74. The van der Waals surface area contributed by atoms with Gasteiger partial charge in [-0.25, -0.2) is 5.43 Å². The highest BCUT2D eigenvalue weighted by Crippen LogP contribution is 2.29. The molecule has 1 heterocycles. The van der Waals surface area contributed by atoms with Crippen LogP contribution in [0.4, 0.5) is 0 Å². The number of benzene rings is 4. The summed E-state index contributed by atoms with van der Waals surface area (Å²) in [6, 6.07) is 38.1. The second-order valence-electron chi connectivity index (χ2n) is 8.74. The van der Waals surface area contributed by atoms with E-state index in [9.17, 15) is 0 Å². The number of rotatable bonds is 7. The SMILES string of the molecule is CNNC(N)c1ccc(-c2cccc(C3NC(c4ccccc4)NC(c4ccccc4)N3)c2)cc1. The van der Waals surface area contributed by atoms with Crippen molar-refractivity contribution >= 4 is 0 Å². The summed E-state index contributed by atoms with van der Waals surface area (Å²) in [5, 5.41) is 11.2. The molecule has 0 aliphatic carbocycles. The van der Waals surface area contributed by atoms with Gasteiger partial charge in [0.1, 0.15) is 0 Å². The van der Waals surface area contributed by atoms with E-state index in [0.29, 0.717) is 0 Å². The lowest BCUT2D eigenvalue weighted by Crippen LogP contribution is -2.54.